The van der Waals surface area contributed by atoms with Crippen molar-refractivity contribution < 1.29 is 13.6 Å². The van der Waals surface area contributed by atoms with E-state index in [-0.39, 0.29) is 11.9 Å². The number of piperidine rings is 1. The summed E-state index contributed by atoms with van der Waals surface area (Å²) in [5.41, 5.74) is 0.738. The number of amides is 1. The van der Waals surface area contributed by atoms with E-state index in [1.807, 2.05) is 6.92 Å². The monoisotopic (exact) mass is 349 g/mol. The van der Waals surface area contributed by atoms with Gasteiger partial charge in [-0.1, -0.05) is 0 Å². The van der Waals surface area contributed by atoms with E-state index >= 15 is 0 Å². The summed E-state index contributed by atoms with van der Waals surface area (Å²) in [4.78, 5) is 19.2. The van der Waals surface area contributed by atoms with E-state index in [1.165, 1.54) is 12.1 Å². The Hall–Kier alpha value is -1.69. The Balaban J connectivity index is 1.41. The lowest BCUT2D eigenvalue weighted by Crippen LogP contribution is -2.62. The summed E-state index contributed by atoms with van der Waals surface area (Å²) in [6, 6.07) is 4.84. The lowest BCUT2D eigenvalue weighted by atomic mass is 9.97. The number of fused-ring (bicyclic) bond motifs is 1. The van der Waals surface area contributed by atoms with Crippen molar-refractivity contribution in [3.63, 3.8) is 0 Å². The topological polar surface area (TPSA) is 26.8 Å². The molecule has 1 aromatic carbocycles. The minimum absolute atomic E-state index is 0.0471. The molecule has 4 rings (SSSR count). The van der Waals surface area contributed by atoms with E-state index < -0.39 is 11.6 Å². The van der Waals surface area contributed by atoms with Gasteiger partial charge in [0.05, 0.1) is 6.04 Å². The van der Waals surface area contributed by atoms with Gasteiger partial charge in [0.2, 0.25) is 5.91 Å². The summed E-state index contributed by atoms with van der Waals surface area (Å²) in [7, 11) is 0. The van der Waals surface area contributed by atoms with Crippen molar-refractivity contribution in [2.24, 2.45) is 0 Å². The van der Waals surface area contributed by atoms with Crippen molar-refractivity contribution in [2.45, 2.75) is 50.7 Å². The number of hydrogen-bond donors (Lipinski definition) is 0. The van der Waals surface area contributed by atoms with Crippen LogP contribution in [-0.4, -0.2) is 60.0 Å². The van der Waals surface area contributed by atoms with Crippen LogP contribution in [0.4, 0.5) is 14.5 Å². The lowest BCUT2D eigenvalue weighted by molar-refractivity contribution is -0.145. The third-order valence-corrected chi connectivity index (χ3v) is 6.14. The molecule has 136 valence electrons. The van der Waals surface area contributed by atoms with E-state index in [4.69, 9.17) is 0 Å². The van der Waals surface area contributed by atoms with Crippen molar-refractivity contribution in [3.05, 3.63) is 29.8 Å². The number of carbonyl (C=O) groups is 1. The van der Waals surface area contributed by atoms with Crippen molar-refractivity contribution in [1.29, 1.82) is 0 Å². The van der Waals surface area contributed by atoms with Crippen LogP contribution in [0.3, 0.4) is 0 Å². The molecule has 3 fully saturated rings. The minimum Gasteiger partial charge on any atom is -0.371 e. The van der Waals surface area contributed by atoms with Gasteiger partial charge >= 0.3 is 0 Å². The van der Waals surface area contributed by atoms with Gasteiger partial charge in [-0.2, -0.15) is 0 Å². The number of carbonyl (C=O) groups excluding carboxylic acids is 1. The molecule has 0 radical (unpaired) electrons. The maximum absolute atomic E-state index is 13.5. The average Bonchev–Trinajstić information content (AvgIpc) is 3.09. The number of anilines is 1. The first-order chi connectivity index (χ1) is 12.0. The fraction of sp³-hybridized carbons (Fsp3) is 0.632. The van der Waals surface area contributed by atoms with Crippen LogP contribution in [0.5, 0.6) is 0 Å². The number of rotatable bonds is 2. The normalized spacial score (nSPS) is 28.5. The first kappa shape index (κ1) is 16.8. The van der Waals surface area contributed by atoms with Crippen molar-refractivity contribution in [3.8, 4) is 0 Å². The van der Waals surface area contributed by atoms with E-state index in [1.54, 1.807) is 6.07 Å². The second kappa shape index (κ2) is 6.56. The molecule has 0 spiro atoms. The van der Waals surface area contributed by atoms with E-state index in [9.17, 15) is 13.6 Å². The van der Waals surface area contributed by atoms with Gasteiger partial charge in [-0.15, -0.1) is 0 Å². The van der Waals surface area contributed by atoms with E-state index in [0.29, 0.717) is 12.1 Å². The van der Waals surface area contributed by atoms with Crippen molar-refractivity contribution in [2.75, 3.05) is 31.1 Å². The zero-order valence-electron chi connectivity index (χ0n) is 14.6. The van der Waals surface area contributed by atoms with Crippen LogP contribution in [0.1, 0.15) is 32.6 Å². The average molecular weight is 349 g/mol. The summed E-state index contributed by atoms with van der Waals surface area (Å²) in [6.45, 7) is 5.53. The molecule has 6 heteroatoms. The Morgan fingerprint density at radius 1 is 1.00 bits per heavy atom. The summed E-state index contributed by atoms with van der Waals surface area (Å²) in [5.74, 6) is -1.33. The molecule has 4 nitrogen and oxygen atoms in total. The first-order valence-corrected chi connectivity index (χ1v) is 9.31. The Morgan fingerprint density at radius 3 is 2.48 bits per heavy atom. The zero-order valence-corrected chi connectivity index (χ0v) is 14.6. The van der Waals surface area contributed by atoms with Gasteiger partial charge < -0.3 is 9.80 Å². The third-order valence-electron chi connectivity index (χ3n) is 6.14. The van der Waals surface area contributed by atoms with E-state index in [0.717, 1.165) is 57.5 Å². The number of hydrogen-bond acceptors (Lipinski definition) is 3. The molecule has 0 aliphatic carbocycles. The van der Waals surface area contributed by atoms with Gasteiger partial charge in [-0.05, 0) is 44.7 Å². The predicted molar refractivity (Wildman–Crippen MR) is 92.5 cm³/mol. The van der Waals surface area contributed by atoms with Crippen LogP contribution >= 0.6 is 0 Å². The predicted octanol–water partition coefficient (Wildman–Crippen LogP) is 2.63. The Bertz CT molecular complexity index is 660. The van der Waals surface area contributed by atoms with Gasteiger partial charge in [0.25, 0.3) is 0 Å². The quantitative estimate of drug-likeness (QED) is 0.821. The van der Waals surface area contributed by atoms with Crippen LogP contribution in [0.25, 0.3) is 0 Å². The molecule has 1 aromatic rings. The molecule has 0 bridgehead atoms. The minimum atomic E-state index is -0.805. The van der Waals surface area contributed by atoms with Crippen molar-refractivity contribution in [1.82, 2.24) is 9.80 Å². The van der Waals surface area contributed by atoms with Crippen molar-refractivity contribution >= 4 is 11.6 Å². The fourth-order valence-electron chi connectivity index (χ4n) is 4.70. The Morgan fingerprint density at radius 2 is 1.76 bits per heavy atom. The Kier molecular flexibility index (Phi) is 4.40. The second-order valence-electron chi connectivity index (χ2n) is 7.52. The molecular formula is C19H25F2N3O. The molecule has 2 atom stereocenters. The Labute approximate surface area is 147 Å². The van der Waals surface area contributed by atoms with Crippen LogP contribution in [-0.2, 0) is 4.79 Å². The summed E-state index contributed by atoms with van der Waals surface area (Å²) in [5, 5.41) is 0. The lowest BCUT2D eigenvalue weighted by Gasteiger charge is -2.47. The maximum atomic E-state index is 13.5. The summed E-state index contributed by atoms with van der Waals surface area (Å²) < 4.78 is 26.6. The zero-order chi connectivity index (χ0) is 17.6. The molecular weight excluding hydrogens is 324 g/mol. The number of nitrogens with zero attached hydrogens (tertiary/aromatic N) is 3. The smallest absolute Gasteiger partial charge is 0.239 e. The fourth-order valence-corrected chi connectivity index (χ4v) is 4.70. The standard InChI is InChI=1S/C19H25F2N3O/c1-13-19(25)23-8-2-3-16(23)12-24(13)14-6-9-22(10-7-14)15-4-5-17(20)18(21)11-15/h4-5,11,13-14,16H,2-3,6-10,12H2,1H3/t13-,16-/m1/s1. The van der Waals surface area contributed by atoms with Gasteiger partial charge in [0.1, 0.15) is 0 Å². The SMILES string of the molecule is C[C@@H]1C(=O)N2CCC[C@@H]2CN1C1CCN(c2ccc(F)c(F)c2)CC1. The van der Waals surface area contributed by atoms with Gasteiger partial charge in [0, 0.05) is 50.0 Å². The number of benzene rings is 1. The van der Waals surface area contributed by atoms with Gasteiger partial charge in [-0.3, -0.25) is 9.69 Å². The van der Waals surface area contributed by atoms with E-state index in [2.05, 4.69) is 14.7 Å². The number of halogens is 2. The van der Waals surface area contributed by atoms with Gasteiger partial charge in [-0.25, -0.2) is 8.78 Å². The summed E-state index contributed by atoms with van der Waals surface area (Å²) in [6.07, 6.45) is 4.13. The molecule has 0 unspecified atom stereocenters. The highest BCUT2D eigenvalue weighted by molar-refractivity contribution is 5.83. The highest BCUT2D eigenvalue weighted by Gasteiger charge is 2.43. The number of piperazine rings is 1. The molecule has 3 aliphatic rings. The molecule has 3 aliphatic heterocycles. The third kappa shape index (κ3) is 3.01. The maximum Gasteiger partial charge on any atom is 0.239 e. The van der Waals surface area contributed by atoms with Crippen LogP contribution in [0.2, 0.25) is 0 Å². The van der Waals surface area contributed by atoms with Crippen LogP contribution < -0.4 is 4.90 Å². The molecule has 3 heterocycles. The molecule has 0 saturated carbocycles. The second-order valence-corrected chi connectivity index (χ2v) is 7.52. The highest BCUT2D eigenvalue weighted by Crippen LogP contribution is 2.31. The molecule has 0 aromatic heterocycles. The summed E-state index contributed by atoms with van der Waals surface area (Å²) >= 11 is 0. The van der Waals surface area contributed by atoms with Crippen LogP contribution in [0, 0.1) is 11.6 Å². The molecule has 25 heavy (non-hydrogen) atoms. The van der Waals surface area contributed by atoms with Crippen LogP contribution in [0.15, 0.2) is 18.2 Å². The molecule has 3 saturated heterocycles. The molecule has 1 amide bonds. The molecule has 0 N–H and O–H groups in total. The highest BCUT2D eigenvalue weighted by atomic mass is 19.2. The first-order valence-electron chi connectivity index (χ1n) is 9.31. The largest absolute Gasteiger partial charge is 0.371 e. The van der Waals surface area contributed by atoms with Gasteiger partial charge in [0.15, 0.2) is 11.6 Å².